The van der Waals surface area contributed by atoms with Gasteiger partial charge in [0.1, 0.15) is 5.76 Å². The summed E-state index contributed by atoms with van der Waals surface area (Å²) >= 11 is 0. The molecule has 1 aliphatic rings. The van der Waals surface area contributed by atoms with Crippen LogP contribution in [-0.4, -0.2) is 11.7 Å². The lowest BCUT2D eigenvalue weighted by Gasteiger charge is -2.15. The van der Waals surface area contributed by atoms with Gasteiger partial charge in [-0.3, -0.25) is 0 Å². The van der Waals surface area contributed by atoms with Crippen LogP contribution in [0.3, 0.4) is 0 Å². The van der Waals surface area contributed by atoms with Crippen LogP contribution in [-0.2, 0) is 18.2 Å². The Bertz CT molecular complexity index is 360. The summed E-state index contributed by atoms with van der Waals surface area (Å²) in [6, 6.07) is 0. The molecule has 1 aromatic rings. The molecule has 2 rings (SSSR count). The zero-order valence-electron chi connectivity index (χ0n) is 8.42. The molecule has 1 aliphatic carbocycles. The summed E-state index contributed by atoms with van der Waals surface area (Å²) < 4.78 is 7.50. The smallest absolute Gasteiger partial charge is 0.138 e. The second-order valence-electron chi connectivity index (χ2n) is 3.56. The molecule has 2 nitrogen and oxygen atoms in total. The molecule has 0 saturated heterocycles. The molecule has 0 saturated carbocycles. The summed E-state index contributed by atoms with van der Waals surface area (Å²) in [4.78, 5) is 0. The van der Waals surface area contributed by atoms with Crippen LogP contribution in [0.1, 0.15) is 23.2 Å². The molecule has 70 valence electrons. The summed E-state index contributed by atoms with van der Waals surface area (Å²) in [7, 11) is 3.81. The fraction of sp³-hybridized carbons (Fsp3) is 0.455. The summed E-state index contributed by atoms with van der Waals surface area (Å²) in [5.74, 6) is 1.02. The van der Waals surface area contributed by atoms with Gasteiger partial charge in [0.05, 0.1) is 12.8 Å². The van der Waals surface area contributed by atoms with E-state index in [9.17, 15) is 0 Å². The molecule has 0 aliphatic heterocycles. The van der Waals surface area contributed by atoms with Crippen molar-refractivity contribution in [2.75, 3.05) is 7.11 Å². The van der Waals surface area contributed by atoms with Gasteiger partial charge in [-0.2, -0.15) is 0 Å². The molecule has 2 heteroatoms. The fourth-order valence-electron chi connectivity index (χ4n) is 2.09. The van der Waals surface area contributed by atoms with Crippen molar-refractivity contribution < 1.29 is 4.74 Å². The summed E-state index contributed by atoms with van der Waals surface area (Å²) in [5, 5.41) is 0. The summed E-state index contributed by atoms with van der Waals surface area (Å²) in [6.07, 6.45) is 6.58. The minimum atomic E-state index is 1.02. The van der Waals surface area contributed by atoms with Crippen LogP contribution in [0.5, 0.6) is 0 Å². The average molecular weight is 177 g/mol. The van der Waals surface area contributed by atoms with Gasteiger partial charge >= 0.3 is 0 Å². The number of hydrogen-bond acceptors (Lipinski definition) is 1. The standard InChI is InChI=1S/C11H15NO/c1-8-7-12(2)11-9(8)5-4-6-10(11)13-3/h6-7H,4-5H2,1-3H3. The van der Waals surface area contributed by atoms with Crippen LogP contribution in [0.25, 0.3) is 5.76 Å². The Morgan fingerprint density at radius 2 is 2.23 bits per heavy atom. The van der Waals surface area contributed by atoms with E-state index in [1.807, 2.05) is 0 Å². The van der Waals surface area contributed by atoms with E-state index >= 15 is 0 Å². The molecule has 1 aromatic heterocycles. The third-order valence-electron chi connectivity index (χ3n) is 2.68. The Morgan fingerprint density at radius 1 is 1.46 bits per heavy atom. The molecule has 0 radical (unpaired) electrons. The highest BCUT2D eigenvalue weighted by atomic mass is 16.5. The quantitative estimate of drug-likeness (QED) is 0.642. The van der Waals surface area contributed by atoms with Gasteiger partial charge in [0.25, 0.3) is 0 Å². The summed E-state index contributed by atoms with van der Waals surface area (Å²) in [5.41, 5.74) is 4.08. The highest BCUT2D eigenvalue weighted by Gasteiger charge is 2.18. The number of rotatable bonds is 1. The van der Waals surface area contributed by atoms with E-state index in [1.54, 1.807) is 7.11 Å². The SMILES string of the molecule is COC1=CCCc2c(C)cn(C)c21. The van der Waals surface area contributed by atoms with Crippen LogP contribution >= 0.6 is 0 Å². The van der Waals surface area contributed by atoms with Crippen molar-refractivity contribution in [3.63, 3.8) is 0 Å². The van der Waals surface area contributed by atoms with Crippen LogP contribution in [0.2, 0.25) is 0 Å². The number of hydrogen-bond donors (Lipinski definition) is 0. The van der Waals surface area contributed by atoms with Crippen LogP contribution in [0.15, 0.2) is 12.3 Å². The van der Waals surface area contributed by atoms with Gasteiger partial charge in [-0.1, -0.05) is 0 Å². The predicted molar refractivity (Wildman–Crippen MR) is 53.5 cm³/mol. The second kappa shape index (κ2) is 2.95. The first-order valence-electron chi connectivity index (χ1n) is 4.63. The Hall–Kier alpha value is -1.18. The van der Waals surface area contributed by atoms with Crippen LogP contribution in [0, 0.1) is 6.92 Å². The Balaban J connectivity index is 2.58. The molecule has 0 spiro atoms. The van der Waals surface area contributed by atoms with E-state index in [0.717, 1.165) is 18.6 Å². The molecule has 13 heavy (non-hydrogen) atoms. The van der Waals surface area contributed by atoms with E-state index in [0.29, 0.717) is 0 Å². The maximum atomic E-state index is 5.35. The highest BCUT2D eigenvalue weighted by Crippen LogP contribution is 2.29. The van der Waals surface area contributed by atoms with Gasteiger partial charge in [0, 0.05) is 13.2 Å². The number of fused-ring (bicyclic) bond motifs is 1. The lowest BCUT2D eigenvalue weighted by Crippen LogP contribution is -2.04. The van der Waals surface area contributed by atoms with Gasteiger partial charge < -0.3 is 9.30 Å². The third-order valence-corrected chi connectivity index (χ3v) is 2.68. The first kappa shape index (κ1) is 8.42. The maximum Gasteiger partial charge on any atom is 0.138 e. The minimum absolute atomic E-state index is 1.02. The molecule has 0 aromatic carbocycles. The van der Waals surface area contributed by atoms with Gasteiger partial charge in [0.15, 0.2) is 0 Å². The van der Waals surface area contributed by atoms with Crippen molar-refractivity contribution in [1.82, 2.24) is 4.57 Å². The monoisotopic (exact) mass is 177 g/mol. The second-order valence-corrected chi connectivity index (χ2v) is 3.56. The molecule has 0 bridgehead atoms. The lowest BCUT2D eigenvalue weighted by molar-refractivity contribution is 0.363. The van der Waals surface area contributed by atoms with Crippen molar-refractivity contribution in [1.29, 1.82) is 0 Å². The first-order valence-corrected chi connectivity index (χ1v) is 4.63. The highest BCUT2D eigenvalue weighted by molar-refractivity contribution is 5.64. The van der Waals surface area contributed by atoms with Gasteiger partial charge in [-0.15, -0.1) is 0 Å². The number of methoxy groups -OCH3 is 1. The third kappa shape index (κ3) is 1.17. The number of ether oxygens (including phenoxy) is 1. The topological polar surface area (TPSA) is 14.2 Å². The number of aryl methyl sites for hydroxylation is 2. The lowest BCUT2D eigenvalue weighted by atomic mass is 10.00. The molecule has 0 unspecified atom stereocenters. The first-order chi connectivity index (χ1) is 6.24. The van der Waals surface area contributed by atoms with Crippen molar-refractivity contribution in [3.05, 3.63) is 29.1 Å². The Kier molecular flexibility index (Phi) is 1.91. The molecular weight excluding hydrogens is 162 g/mol. The largest absolute Gasteiger partial charge is 0.495 e. The van der Waals surface area contributed by atoms with Crippen molar-refractivity contribution in [2.24, 2.45) is 7.05 Å². The van der Waals surface area contributed by atoms with Crippen LogP contribution in [0.4, 0.5) is 0 Å². The number of allylic oxidation sites excluding steroid dienone is 1. The molecule has 0 atom stereocenters. The van der Waals surface area contributed by atoms with E-state index < -0.39 is 0 Å². The Morgan fingerprint density at radius 3 is 2.92 bits per heavy atom. The maximum absolute atomic E-state index is 5.35. The van der Waals surface area contributed by atoms with Gasteiger partial charge in [-0.25, -0.2) is 0 Å². The average Bonchev–Trinajstić information content (AvgIpc) is 2.43. The van der Waals surface area contributed by atoms with E-state index in [-0.39, 0.29) is 0 Å². The van der Waals surface area contributed by atoms with Crippen molar-refractivity contribution >= 4 is 5.76 Å². The van der Waals surface area contributed by atoms with E-state index in [2.05, 4.69) is 30.8 Å². The van der Waals surface area contributed by atoms with E-state index in [4.69, 9.17) is 4.74 Å². The van der Waals surface area contributed by atoms with Crippen molar-refractivity contribution in [2.45, 2.75) is 19.8 Å². The van der Waals surface area contributed by atoms with Gasteiger partial charge in [0.2, 0.25) is 0 Å². The Labute approximate surface area is 78.8 Å². The van der Waals surface area contributed by atoms with E-state index in [1.165, 1.54) is 16.8 Å². The van der Waals surface area contributed by atoms with Crippen molar-refractivity contribution in [3.8, 4) is 0 Å². The fourth-order valence-corrected chi connectivity index (χ4v) is 2.09. The normalized spacial score (nSPS) is 15.2. The molecule has 0 fully saturated rings. The summed E-state index contributed by atoms with van der Waals surface area (Å²) in [6.45, 7) is 2.16. The number of aromatic nitrogens is 1. The van der Waals surface area contributed by atoms with Gasteiger partial charge in [-0.05, 0) is 37.0 Å². The zero-order valence-corrected chi connectivity index (χ0v) is 8.42. The zero-order chi connectivity index (χ0) is 9.42. The number of nitrogens with zero attached hydrogens (tertiary/aromatic N) is 1. The molecule has 0 N–H and O–H groups in total. The minimum Gasteiger partial charge on any atom is -0.495 e. The predicted octanol–water partition coefficient (Wildman–Crippen LogP) is 2.27. The molecule has 1 heterocycles. The molecule has 0 amide bonds. The molecular formula is C11H15NO. The van der Waals surface area contributed by atoms with Crippen LogP contribution < -0.4 is 0 Å².